The second-order valence-electron chi connectivity index (χ2n) is 5.05. The summed E-state index contributed by atoms with van der Waals surface area (Å²) in [6, 6.07) is 8.59. The van der Waals surface area contributed by atoms with E-state index < -0.39 is 0 Å². The van der Waals surface area contributed by atoms with Gasteiger partial charge in [0, 0.05) is 23.3 Å². The first-order valence-electron chi connectivity index (χ1n) is 7.74. The highest BCUT2D eigenvalue weighted by Gasteiger charge is 2.07. The lowest BCUT2D eigenvalue weighted by molar-refractivity contribution is 0.296. The molecule has 4 heteroatoms. The van der Waals surface area contributed by atoms with Crippen molar-refractivity contribution in [1.82, 2.24) is 9.88 Å². The van der Waals surface area contributed by atoms with Crippen LogP contribution in [-0.2, 0) is 19.5 Å². The molecule has 0 atom stereocenters. The number of aryl methyl sites for hydroxylation is 1. The molecular formula is C17H25N3S. The average molecular weight is 303 g/mol. The zero-order valence-corrected chi connectivity index (χ0v) is 14.0. The van der Waals surface area contributed by atoms with E-state index in [9.17, 15) is 0 Å². The van der Waals surface area contributed by atoms with E-state index in [0.29, 0.717) is 0 Å². The molecule has 1 aromatic carbocycles. The smallest absolute Gasteiger partial charge is 0.0925 e. The van der Waals surface area contributed by atoms with E-state index in [0.717, 1.165) is 32.6 Å². The van der Waals surface area contributed by atoms with Crippen molar-refractivity contribution >= 4 is 17.0 Å². The minimum absolute atomic E-state index is 0.854. The Balaban J connectivity index is 2.02. The number of para-hydroxylation sites is 1. The summed E-state index contributed by atoms with van der Waals surface area (Å²) < 4.78 is 0. The third kappa shape index (κ3) is 4.55. The molecule has 0 spiro atoms. The molecule has 1 aromatic heterocycles. The lowest BCUT2D eigenvalue weighted by Gasteiger charge is -2.20. The van der Waals surface area contributed by atoms with Crippen molar-refractivity contribution in [2.75, 3.05) is 18.4 Å². The Kier molecular flexibility index (Phi) is 6.21. The maximum absolute atomic E-state index is 4.41. The summed E-state index contributed by atoms with van der Waals surface area (Å²) in [5.74, 6) is 0. The van der Waals surface area contributed by atoms with Crippen LogP contribution < -0.4 is 5.32 Å². The van der Waals surface area contributed by atoms with Crippen molar-refractivity contribution in [2.24, 2.45) is 0 Å². The molecule has 3 nitrogen and oxygen atoms in total. The molecule has 1 heterocycles. The fourth-order valence-electron chi connectivity index (χ4n) is 2.29. The van der Waals surface area contributed by atoms with Crippen LogP contribution in [0.2, 0.25) is 0 Å². The summed E-state index contributed by atoms with van der Waals surface area (Å²) in [4.78, 5) is 8.14. The fourth-order valence-corrected chi connectivity index (χ4v) is 3.10. The molecule has 0 unspecified atom stereocenters. The monoisotopic (exact) mass is 303 g/mol. The predicted molar refractivity (Wildman–Crippen MR) is 91.9 cm³/mol. The van der Waals surface area contributed by atoms with Crippen molar-refractivity contribution in [2.45, 2.75) is 40.3 Å². The zero-order valence-electron chi connectivity index (χ0n) is 13.2. The van der Waals surface area contributed by atoms with Crippen LogP contribution in [0.4, 0.5) is 5.69 Å². The molecule has 0 radical (unpaired) electrons. The molecular weight excluding hydrogens is 278 g/mol. The number of benzene rings is 1. The molecule has 0 amide bonds. The fraction of sp³-hybridized carbons (Fsp3) is 0.471. The topological polar surface area (TPSA) is 28.2 Å². The molecule has 2 rings (SSSR count). The molecule has 0 aliphatic carbocycles. The maximum Gasteiger partial charge on any atom is 0.0925 e. The minimum Gasteiger partial charge on any atom is -0.380 e. The van der Waals surface area contributed by atoms with Crippen molar-refractivity contribution in [3.63, 3.8) is 0 Å². The normalized spacial score (nSPS) is 11.0. The molecule has 114 valence electrons. The van der Waals surface area contributed by atoms with Gasteiger partial charge in [0.25, 0.3) is 0 Å². The third-order valence-electron chi connectivity index (χ3n) is 3.66. The molecule has 0 aliphatic heterocycles. The Labute approximate surface area is 132 Å². The van der Waals surface area contributed by atoms with Gasteiger partial charge in [-0.1, -0.05) is 39.0 Å². The largest absolute Gasteiger partial charge is 0.380 e. The SMILES string of the molecule is CCc1ncc(CNc2ccccc2CN(CC)CC)s1. The van der Waals surface area contributed by atoms with Crippen LogP contribution >= 0.6 is 11.3 Å². The van der Waals surface area contributed by atoms with Gasteiger partial charge >= 0.3 is 0 Å². The van der Waals surface area contributed by atoms with Crippen LogP contribution in [0.15, 0.2) is 30.5 Å². The van der Waals surface area contributed by atoms with Crippen LogP contribution in [0.1, 0.15) is 36.2 Å². The average Bonchev–Trinajstić information content (AvgIpc) is 2.99. The zero-order chi connectivity index (χ0) is 15.1. The quantitative estimate of drug-likeness (QED) is 0.793. The van der Waals surface area contributed by atoms with Crippen molar-refractivity contribution in [3.05, 3.63) is 45.9 Å². The van der Waals surface area contributed by atoms with Crippen LogP contribution in [0.3, 0.4) is 0 Å². The first-order chi connectivity index (χ1) is 10.3. The van der Waals surface area contributed by atoms with Crippen molar-refractivity contribution < 1.29 is 0 Å². The summed E-state index contributed by atoms with van der Waals surface area (Å²) in [5.41, 5.74) is 2.59. The lowest BCUT2D eigenvalue weighted by Crippen LogP contribution is -2.22. The highest BCUT2D eigenvalue weighted by atomic mass is 32.1. The first-order valence-corrected chi connectivity index (χ1v) is 8.56. The van der Waals surface area contributed by atoms with E-state index in [4.69, 9.17) is 0 Å². The summed E-state index contributed by atoms with van der Waals surface area (Å²) in [5, 5.41) is 4.78. The Morgan fingerprint density at radius 1 is 1.14 bits per heavy atom. The van der Waals surface area contributed by atoms with Gasteiger partial charge in [-0.05, 0) is 31.1 Å². The predicted octanol–water partition coefficient (Wildman–Crippen LogP) is 4.16. The number of rotatable bonds is 8. The van der Waals surface area contributed by atoms with E-state index in [-0.39, 0.29) is 0 Å². The molecule has 0 fully saturated rings. The van der Waals surface area contributed by atoms with Gasteiger partial charge in [0.05, 0.1) is 11.6 Å². The van der Waals surface area contributed by atoms with Crippen LogP contribution in [0.5, 0.6) is 0 Å². The molecule has 0 saturated heterocycles. The van der Waals surface area contributed by atoms with Gasteiger partial charge in [0.15, 0.2) is 0 Å². The second kappa shape index (κ2) is 8.15. The first kappa shape index (κ1) is 16.0. The summed E-state index contributed by atoms with van der Waals surface area (Å²) in [6.07, 6.45) is 3.01. The number of nitrogens with zero attached hydrogens (tertiary/aromatic N) is 2. The molecule has 21 heavy (non-hydrogen) atoms. The molecule has 1 N–H and O–H groups in total. The van der Waals surface area contributed by atoms with Crippen LogP contribution in [0.25, 0.3) is 0 Å². The van der Waals surface area contributed by atoms with Crippen LogP contribution in [-0.4, -0.2) is 23.0 Å². The highest BCUT2D eigenvalue weighted by Crippen LogP contribution is 2.20. The Bertz CT molecular complexity index is 546. The molecule has 0 aliphatic rings. The van der Waals surface area contributed by atoms with E-state index in [1.54, 1.807) is 11.3 Å². The van der Waals surface area contributed by atoms with Crippen LogP contribution in [0, 0.1) is 0 Å². The summed E-state index contributed by atoms with van der Waals surface area (Å²) in [6.45, 7) is 10.6. The van der Waals surface area contributed by atoms with E-state index in [2.05, 4.69) is 60.2 Å². The van der Waals surface area contributed by atoms with E-state index >= 15 is 0 Å². The van der Waals surface area contributed by atoms with Gasteiger partial charge in [0.1, 0.15) is 0 Å². The number of nitrogens with one attached hydrogen (secondary N) is 1. The highest BCUT2D eigenvalue weighted by molar-refractivity contribution is 7.11. The second-order valence-corrected chi connectivity index (χ2v) is 6.25. The maximum atomic E-state index is 4.41. The van der Waals surface area contributed by atoms with Crippen molar-refractivity contribution in [3.8, 4) is 0 Å². The summed E-state index contributed by atoms with van der Waals surface area (Å²) in [7, 11) is 0. The van der Waals surface area contributed by atoms with E-state index in [1.165, 1.54) is 21.1 Å². The van der Waals surface area contributed by atoms with Crippen molar-refractivity contribution in [1.29, 1.82) is 0 Å². The Morgan fingerprint density at radius 3 is 2.57 bits per heavy atom. The van der Waals surface area contributed by atoms with Gasteiger partial charge in [-0.2, -0.15) is 0 Å². The van der Waals surface area contributed by atoms with Gasteiger partial charge in [-0.3, -0.25) is 4.90 Å². The molecule has 0 saturated carbocycles. The number of aromatic nitrogens is 1. The lowest BCUT2D eigenvalue weighted by atomic mass is 10.1. The number of hydrogen-bond acceptors (Lipinski definition) is 4. The number of anilines is 1. The third-order valence-corrected chi connectivity index (χ3v) is 4.80. The Hall–Kier alpha value is -1.39. The minimum atomic E-state index is 0.854. The van der Waals surface area contributed by atoms with Gasteiger partial charge in [-0.25, -0.2) is 4.98 Å². The Morgan fingerprint density at radius 2 is 1.90 bits per heavy atom. The standard InChI is InChI=1S/C17H25N3S/c1-4-17-19-12-15(21-17)11-18-16-10-8-7-9-14(16)13-20(5-2)6-3/h7-10,12,18H,4-6,11,13H2,1-3H3. The van der Waals surface area contributed by atoms with Gasteiger partial charge < -0.3 is 5.32 Å². The van der Waals surface area contributed by atoms with E-state index in [1.807, 2.05) is 6.20 Å². The number of thiazole rings is 1. The van der Waals surface area contributed by atoms with Gasteiger partial charge in [0.2, 0.25) is 0 Å². The van der Waals surface area contributed by atoms with Gasteiger partial charge in [-0.15, -0.1) is 11.3 Å². The number of hydrogen-bond donors (Lipinski definition) is 1. The molecule has 0 bridgehead atoms. The molecule has 2 aromatic rings. The summed E-state index contributed by atoms with van der Waals surface area (Å²) >= 11 is 1.80.